The Morgan fingerprint density at radius 2 is 2.08 bits per heavy atom. The molecule has 1 spiro atoms. The molecule has 0 N–H and O–H groups in total. The first-order valence-electron chi connectivity index (χ1n) is 9.02. The van der Waals surface area contributed by atoms with Crippen molar-refractivity contribution in [3.63, 3.8) is 0 Å². The molecule has 2 fully saturated rings. The molecular formula is C18H29N3O3S. The highest BCUT2D eigenvalue weighted by Crippen LogP contribution is 2.31. The fourth-order valence-electron chi connectivity index (χ4n) is 3.96. The van der Waals surface area contributed by atoms with Crippen molar-refractivity contribution in [3.05, 3.63) is 30.1 Å². The van der Waals surface area contributed by atoms with Crippen LogP contribution in [0.5, 0.6) is 0 Å². The first-order valence-corrected chi connectivity index (χ1v) is 11.1. The molecule has 2 aliphatic heterocycles. The van der Waals surface area contributed by atoms with Crippen molar-refractivity contribution in [1.82, 2.24) is 14.8 Å². The summed E-state index contributed by atoms with van der Waals surface area (Å²) < 4.78 is 29.4. The maximum Gasteiger partial charge on any atom is 0.148 e. The van der Waals surface area contributed by atoms with Crippen LogP contribution in [0.25, 0.3) is 0 Å². The lowest BCUT2D eigenvalue weighted by Crippen LogP contribution is -2.59. The standard InChI is InChI=1S/C18H29N3O3S/c1-16(14-25(2,22)23)21-10-11-24-18(15-21)5-8-20(9-6-18)13-17-4-3-7-19-12-17/h3-4,7,12,16H,5-6,8-11,13-15H2,1-2H3. The van der Waals surface area contributed by atoms with Crippen molar-refractivity contribution in [1.29, 1.82) is 0 Å². The minimum absolute atomic E-state index is 0.0456. The van der Waals surface area contributed by atoms with Crippen LogP contribution in [0.15, 0.2) is 24.5 Å². The van der Waals surface area contributed by atoms with Crippen LogP contribution < -0.4 is 0 Å². The van der Waals surface area contributed by atoms with E-state index in [-0.39, 0.29) is 17.4 Å². The minimum Gasteiger partial charge on any atom is -0.372 e. The van der Waals surface area contributed by atoms with Crippen molar-refractivity contribution < 1.29 is 13.2 Å². The van der Waals surface area contributed by atoms with Gasteiger partial charge in [0.25, 0.3) is 0 Å². The number of nitrogens with zero attached hydrogens (tertiary/aromatic N) is 3. The number of rotatable bonds is 5. The highest BCUT2D eigenvalue weighted by molar-refractivity contribution is 7.90. The maximum absolute atomic E-state index is 11.6. The Kier molecular flexibility index (Phi) is 5.78. The van der Waals surface area contributed by atoms with Crippen molar-refractivity contribution >= 4 is 9.84 Å². The molecule has 2 saturated heterocycles. The summed E-state index contributed by atoms with van der Waals surface area (Å²) >= 11 is 0. The van der Waals surface area contributed by atoms with Crippen LogP contribution in [0.4, 0.5) is 0 Å². The molecule has 6 nitrogen and oxygen atoms in total. The number of pyridine rings is 1. The Morgan fingerprint density at radius 3 is 2.72 bits per heavy atom. The highest BCUT2D eigenvalue weighted by Gasteiger charge is 2.40. The Bertz CT molecular complexity index is 657. The Balaban J connectivity index is 1.55. The molecule has 0 amide bonds. The molecule has 2 aliphatic rings. The predicted octanol–water partition coefficient (Wildman–Crippen LogP) is 1.18. The van der Waals surface area contributed by atoms with Gasteiger partial charge in [-0.1, -0.05) is 6.07 Å². The van der Waals surface area contributed by atoms with Crippen LogP contribution in [0.3, 0.4) is 0 Å². The van der Waals surface area contributed by atoms with E-state index in [2.05, 4.69) is 20.9 Å². The number of piperidine rings is 1. The lowest BCUT2D eigenvalue weighted by atomic mass is 9.88. The average molecular weight is 368 g/mol. The van der Waals surface area contributed by atoms with Crippen molar-refractivity contribution in [2.24, 2.45) is 0 Å². The Labute approximate surface area is 151 Å². The summed E-state index contributed by atoms with van der Waals surface area (Å²) in [6.07, 6.45) is 7.04. The maximum atomic E-state index is 11.6. The van der Waals surface area contributed by atoms with E-state index in [1.54, 1.807) is 6.20 Å². The van der Waals surface area contributed by atoms with Gasteiger partial charge in [0.1, 0.15) is 9.84 Å². The van der Waals surface area contributed by atoms with E-state index in [1.165, 1.54) is 11.8 Å². The molecule has 1 aromatic heterocycles. The molecule has 0 bridgehead atoms. The van der Waals surface area contributed by atoms with Crippen LogP contribution >= 0.6 is 0 Å². The molecule has 140 valence electrons. The first kappa shape index (κ1) is 18.8. The van der Waals surface area contributed by atoms with E-state index in [1.807, 2.05) is 19.2 Å². The molecule has 3 rings (SSSR count). The number of hydrogen-bond acceptors (Lipinski definition) is 6. The second kappa shape index (κ2) is 7.70. The summed E-state index contributed by atoms with van der Waals surface area (Å²) in [5.74, 6) is 0.218. The zero-order valence-electron chi connectivity index (χ0n) is 15.2. The summed E-state index contributed by atoms with van der Waals surface area (Å²) in [5.41, 5.74) is 1.13. The fourth-order valence-corrected chi connectivity index (χ4v) is 5.05. The summed E-state index contributed by atoms with van der Waals surface area (Å²) in [4.78, 5) is 8.93. The third kappa shape index (κ3) is 5.23. The topological polar surface area (TPSA) is 62.7 Å². The molecule has 0 radical (unpaired) electrons. The third-order valence-electron chi connectivity index (χ3n) is 5.34. The largest absolute Gasteiger partial charge is 0.372 e. The molecule has 3 heterocycles. The monoisotopic (exact) mass is 367 g/mol. The van der Waals surface area contributed by atoms with E-state index < -0.39 is 9.84 Å². The second-order valence-corrected chi connectivity index (χ2v) is 9.77. The van der Waals surface area contributed by atoms with Gasteiger partial charge in [-0.05, 0) is 31.4 Å². The average Bonchev–Trinajstić information content (AvgIpc) is 2.57. The highest BCUT2D eigenvalue weighted by atomic mass is 32.2. The SMILES string of the molecule is CC(CS(C)(=O)=O)N1CCOC2(CCN(Cc3cccnc3)CC2)C1. The molecule has 25 heavy (non-hydrogen) atoms. The Hall–Kier alpha value is -1.02. The Morgan fingerprint density at radius 1 is 1.32 bits per heavy atom. The van der Waals surface area contributed by atoms with Crippen LogP contribution in [0.2, 0.25) is 0 Å². The van der Waals surface area contributed by atoms with Gasteiger partial charge in [-0.2, -0.15) is 0 Å². The number of ether oxygens (including phenoxy) is 1. The number of hydrogen-bond donors (Lipinski definition) is 0. The summed E-state index contributed by atoms with van der Waals surface area (Å²) in [6.45, 7) is 7.29. The molecule has 0 aliphatic carbocycles. The van der Waals surface area contributed by atoms with Crippen molar-refractivity contribution in [2.45, 2.75) is 38.0 Å². The summed E-state index contributed by atoms with van der Waals surface area (Å²) in [6, 6.07) is 4.14. The number of morpholine rings is 1. The third-order valence-corrected chi connectivity index (χ3v) is 6.43. The van der Waals surface area contributed by atoms with Crippen LogP contribution in [-0.2, 0) is 21.1 Å². The van der Waals surface area contributed by atoms with Crippen LogP contribution in [-0.4, -0.2) is 79.6 Å². The fraction of sp³-hybridized carbons (Fsp3) is 0.722. The smallest absolute Gasteiger partial charge is 0.148 e. The molecular weight excluding hydrogens is 338 g/mol. The van der Waals surface area contributed by atoms with Crippen molar-refractivity contribution in [3.8, 4) is 0 Å². The zero-order valence-corrected chi connectivity index (χ0v) is 16.0. The van der Waals surface area contributed by atoms with E-state index in [0.29, 0.717) is 6.61 Å². The quantitative estimate of drug-likeness (QED) is 0.779. The first-order chi connectivity index (χ1) is 11.9. The summed E-state index contributed by atoms with van der Waals surface area (Å²) in [7, 11) is -2.95. The zero-order chi connectivity index (χ0) is 17.9. The lowest BCUT2D eigenvalue weighted by Gasteiger charge is -2.48. The molecule has 1 unspecified atom stereocenters. The lowest BCUT2D eigenvalue weighted by molar-refractivity contribution is -0.141. The van der Waals surface area contributed by atoms with Gasteiger partial charge in [-0.25, -0.2) is 8.42 Å². The van der Waals surface area contributed by atoms with Gasteiger partial charge in [0.15, 0.2) is 0 Å². The van der Waals surface area contributed by atoms with E-state index in [4.69, 9.17) is 4.74 Å². The van der Waals surface area contributed by atoms with Crippen LogP contribution in [0, 0.1) is 0 Å². The van der Waals surface area contributed by atoms with Gasteiger partial charge in [-0.3, -0.25) is 14.8 Å². The molecule has 0 saturated carbocycles. The van der Waals surface area contributed by atoms with Gasteiger partial charge in [-0.15, -0.1) is 0 Å². The number of likely N-dealkylation sites (tertiary alicyclic amines) is 1. The van der Waals surface area contributed by atoms with Gasteiger partial charge >= 0.3 is 0 Å². The number of sulfone groups is 1. The second-order valence-electron chi connectivity index (χ2n) is 7.58. The van der Waals surface area contributed by atoms with E-state index in [9.17, 15) is 8.42 Å². The molecule has 1 aromatic rings. The number of aromatic nitrogens is 1. The van der Waals surface area contributed by atoms with E-state index >= 15 is 0 Å². The molecule has 1 atom stereocenters. The van der Waals surface area contributed by atoms with Gasteiger partial charge in [0, 0.05) is 57.4 Å². The summed E-state index contributed by atoms with van der Waals surface area (Å²) in [5, 5.41) is 0. The van der Waals surface area contributed by atoms with E-state index in [0.717, 1.165) is 45.6 Å². The molecule has 0 aromatic carbocycles. The molecule has 7 heteroatoms. The predicted molar refractivity (Wildman–Crippen MR) is 98.2 cm³/mol. The minimum atomic E-state index is -2.95. The van der Waals surface area contributed by atoms with Gasteiger partial charge in [0.2, 0.25) is 0 Å². The normalized spacial score (nSPS) is 23.6. The van der Waals surface area contributed by atoms with Gasteiger partial charge < -0.3 is 4.74 Å². The van der Waals surface area contributed by atoms with Crippen LogP contribution in [0.1, 0.15) is 25.3 Å². The van der Waals surface area contributed by atoms with Gasteiger partial charge in [0.05, 0.1) is 18.0 Å². The van der Waals surface area contributed by atoms with Crippen molar-refractivity contribution in [2.75, 3.05) is 44.8 Å².